The van der Waals surface area contributed by atoms with Crippen molar-refractivity contribution in [2.75, 3.05) is 20.2 Å². The normalized spacial score (nSPS) is 26.4. The standard InChI is InChI=1S/C12H23N3O/c1-3-8-14-12(13)15-9-10-4-6-11(16-2)7-5-10/h3,10-11H,1,4-9H2,2H3,(H3,13,14,15). The molecule has 1 saturated carbocycles. The van der Waals surface area contributed by atoms with Gasteiger partial charge in [0.1, 0.15) is 0 Å². The Morgan fingerprint density at radius 1 is 1.50 bits per heavy atom. The van der Waals surface area contributed by atoms with Crippen LogP contribution in [0.5, 0.6) is 0 Å². The first kappa shape index (κ1) is 13.0. The van der Waals surface area contributed by atoms with E-state index >= 15 is 0 Å². The van der Waals surface area contributed by atoms with E-state index in [9.17, 15) is 0 Å². The highest BCUT2D eigenvalue weighted by Crippen LogP contribution is 2.25. The van der Waals surface area contributed by atoms with Crippen molar-refractivity contribution in [1.29, 1.82) is 0 Å². The molecule has 4 heteroatoms. The highest BCUT2D eigenvalue weighted by atomic mass is 16.5. The second-order valence-corrected chi connectivity index (χ2v) is 4.27. The summed E-state index contributed by atoms with van der Waals surface area (Å²) in [5, 5.41) is 2.98. The first-order chi connectivity index (χ1) is 7.76. The van der Waals surface area contributed by atoms with Crippen LogP contribution >= 0.6 is 0 Å². The van der Waals surface area contributed by atoms with Crippen LogP contribution in [0.1, 0.15) is 25.7 Å². The second-order valence-electron chi connectivity index (χ2n) is 4.27. The van der Waals surface area contributed by atoms with Gasteiger partial charge in [-0.2, -0.15) is 0 Å². The van der Waals surface area contributed by atoms with Crippen molar-refractivity contribution in [3.8, 4) is 0 Å². The summed E-state index contributed by atoms with van der Waals surface area (Å²) in [6.07, 6.45) is 6.91. The highest BCUT2D eigenvalue weighted by molar-refractivity contribution is 5.77. The fourth-order valence-electron chi connectivity index (χ4n) is 2.01. The van der Waals surface area contributed by atoms with Gasteiger partial charge in [0, 0.05) is 20.2 Å². The number of guanidine groups is 1. The summed E-state index contributed by atoms with van der Waals surface area (Å²) in [5.41, 5.74) is 5.70. The average molecular weight is 225 g/mol. The lowest BCUT2D eigenvalue weighted by atomic mass is 9.87. The van der Waals surface area contributed by atoms with Crippen molar-refractivity contribution in [3.05, 3.63) is 12.7 Å². The fourth-order valence-corrected chi connectivity index (χ4v) is 2.01. The Morgan fingerprint density at radius 2 is 2.19 bits per heavy atom. The summed E-state index contributed by atoms with van der Waals surface area (Å²) < 4.78 is 5.33. The first-order valence-electron chi connectivity index (χ1n) is 5.93. The van der Waals surface area contributed by atoms with Gasteiger partial charge in [-0.3, -0.25) is 4.99 Å². The lowest BCUT2D eigenvalue weighted by Crippen LogP contribution is -2.32. The van der Waals surface area contributed by atoms with Crippen LogP contribution < -0.4 is 11.1 Å². The van der Waals surface area contributed by atoms with Crippen molar-refractivity contribution in [3.63, 3.8) is 0 Å². The smallest absolute Gasteiger partial charge is 0.188 e. The summed E-state index contributed by atoms with van der Waals surface area (Å²) in [7, 11) is 1.79. The number of ether oxygens (including phenoxy) is 1. The zero-order chi connectivity index (χ0) is 11.8. The van der Waals surface area contributed by atoms with Gasteiger partial charge in [-0.25, -0.2) is 0 Å². The maximum atomic E-state index is 5.70. The molecule has 0 amide bonds. The second kappa shape index (κ2) is 7.28. The van der Waals surface area contributed by atoms with Crippen LogP contribution in [0.2, 0.25) is 0 Å². The molecular weight excluding hydrogens is 202 g/mol. The molecule has 1 fully saturated rings. The number of hydrogen-bond acceptors (Lipinski definition) is 2. The SMILES string of the molecule is C=CCNC(N)=NCC1CCC(OC)CC1. The third kappa shape index (κ3) is 4.66. The molecule has 0 spiro atoms. The van der Waals surface area contributed by atoms with Gasteiger partial charge in [0.05, 0.1) is 6.10 Å². The van der Waals surface area contributed by atoms with Crippen molar-refractivity contribution < 1.29 is 4.74 Å². The summed E-state index contributed by atoms with van der Waals surface area (Å²) in [4.78, 5) is 4.33. The number of aliphatic imine (C=N–C) groups is 1. The van der Waals surface area contributed by atoms with E-state index in [1.165, 1.54) is 12.8 Å². The molecule has 1 aliphatic carbocycles. The molecule has 1 aliphatic rings. The Bertz CT molecular complexity index is 232. The molecule has 4 nitrogen and oxygen atoms in total. The Hall–Kier alpha value is -1.03. The number of nitrogens with one attached hydrogen (secondary N) is 1. The number of rotatable bonds is 5. The molecule has 0 unspecified atom stereocenters. The molecule has 0 heterocycles. The minimum Gasteiger partial charge on any atom is -0.381 e. The molecule has 3 N–H and O–H groups in total. The number of methoxy groups -OCH3 is 1. The lowest BCUT2D eigenvalue weighted by molar-refractivity contribution is 0.0581. The van der Waals surface area contributed by atoms with Crippen LogP contribution in [0.25, 0.3) is 0 Å². The number of hydrogen-bond donors (Lipinski definition) is 2. The molecule has 0 aromatic carbocycles. The predicted octanol–water partition coefficient (Wildman–Crippen LogP) is 1.28. The predicted molar refractivity (Wildman–Crippen MR) is 67.4 cm³/mol. The van der Waals surface area contributed by atoms with E-state index in [4.69, 9.17) is 10.5 Å². The topological polar surface area (TPSA) is 59.6 Å². The summed E-state index contributed by atoms with van der Waals surface area (Å²) in [5.74, 6) is 1.18. The maximum absolute atomic E-state index is 5.70. The van der Waals surface area contributed by atoms with Gasteiger partial charge >= 0.3 is 0 Å². The zero-order valence-corrected chi connectivity index (χ0v) is 10.1. The van der Waals surface area contributed by atoms with Gasteiger partial charge in [-0.05, 0) is 31.6 Å². The number of nitrogens with two attached hydrogens (primary N) is 1. The van der Waals surface area contributed by atoms with E-state index < -0.39 is 0 Å². The van der Waals surface area contributed by atoms with E-state index in [0.29, 0.717) is 24.5 Å². The average Bonchev–Trinajstić information content (AvgIpc) is 2.34. The van der Waals surface area contributed by atoms with Gasteiger partial charge in [-0.1, -0.05) is 6.08 Å². The Morgan fingerprint density at radius 3 is 2.75 bits per heavy atom. The third-order valence-corrected chi connectivity index (χ3v) is 3.07. The summed E-state index contributed by atoms with van der Waals surface area (Å²) in [6.45, 7) is 5.11. The summed E-state index contributed by atoms with van der Waals surface area (Å²) in [6, 6.07) is 0. The molecule has 0 aromatic rings. The van der Waals surface area contributed by atoms with E-state index in [2.05, 4.69) is 16.9 Å². The van der Waals surface area contributed by atoms with Crippen LogP contribution in [0.15, 0.2) is 17.6 Å². The van der Waals surface area contributed by atoms with Gasteiger partial charge in [0.2, 0.25) is 0 Å². The van der Waals surface area contributed by atoms with E-state index in [1.807, 2.05) is 0 Å². The molecule has 92 valence electrons. The largest absolute Gasteiger partial charge is 0.381 e. The minimum absolute atomic E-state index is 0.455. The van der Waals surface area contributed by atoms with Crippen LogP contribution in [-0.4, -0.2) is 32.3 Å². The van der Waals surface area contributed by atoms with Crippen molar-refractivity contribution in [2.24, 2.45) is 16.6 Å². The highest BCUT2D eigenvalue weighted by Gasteiger charge is 2.20. The molecule has 0 bridgehead atoms. The minimum atomic E-state index is 0.455. The van der Waals surface area contributed by atoms with Gasteiger partial charge in [0.15, 0.2) is 5.96 Å². The van der Waals surface area contributed by atoms with Crippen LogP contribution in [0.4, 0.5) is 0 Å². The molecule has 16 heavy (non-hydrogen) atoms. The van der Waals surface area contributed by atoms with Gasteiger partial charge in [-0.15, -0.1) is 6.58 Å². The van der Waals surface area contributed by atoms with E-state index in [0.717, 1.165) is 19.4 Å². The monoisotopic (exact) mass is 225 g/mol. The molecule has 1 rings (SSSR count). The van der Waals surface area contributed by atoms with Crippen molar-refractivity contribution in [1.82, 2.24) is 5.32 Å². The molecule has 0 radical (unpaired) electrons. The maximum Gasteiger partial charge on any atom is 0.188 e. The zero-order valence-electron chi connectivity index (χ0n) is 10.1. The summed E-state index contributed by atoms with van der Waals surface area (Å²) >= 11 is 0. The Balaban J connectivity index is 2.20. The fraction of sp³-hybridized carbons (Fsp3) is 0.750. The van der Waals surface area contributed by atoms with Crippen molar-refractivity contribution >= 4 is 5.96 Å². The van der Waals surface area contributed by atoms with Gasteiger partial charge in [0.25, 0.3) is 0 Å². The quantitative estimate of drug-likeness (QED) is 0.421. The number of nitrogens with zero attached hydrogens (tertiary/aromatic N) is 1. The molecule has 0 atom stereocenters. The third-order valence-electron chi connectivity index (χ3n) is 3.07. The first-order valence-corrected chi connectivity index (χ1v) is 5.93. The van der Waals surface area contributed by atoms with Crippen molar-refractivity contribution in [2.45, 2.75) is 31.8 Å². The van der Waals surface area contributed by atoms with Crippen LogP contribution in [-0.2, 0) is 4.74 Å². The molecule has 0 aromatic heterocycles. The Kier molecular flexibility index (Phi) is 5.93. The van der Waals surface area contributed by atoms with E-state index in [1.54, 1.807) is 13.2 Å². The lowest BCUT2D eigenvalue weighted by Gasteiger charge is -2.26. The Labute approximate surface area is 98.0 Å². The van der Waals surface area contributed by atoms with Crippen LogP contribution in [0.3, 0.4) is 0 Å². The van der Waals surface area contributed by atoms with E-state index in [-0.39, 0.29) is 0 Å². The molecule has 0 aliphatic heterocycles. The van der Waals surface area contributed by atoms with Crippen LogP contribution in [0, 0.1) is 5.92 Å². The molecule has 0 saturated heterocycles. The van der Waals surface area contributed by atoms with Gasteiger partial charge < -0.3 is 15.8 Å². The molecular formula is C12H23N3O.